The average molecular weight is 342 g/mol. The molecule has 4 heterocycles. The number of fused-ring (bicyclic) bond motifs is 1. The number of nitrogens with zero attached hydrogens (tertiary/aromatic N) is 5. The van der Waals surface area contributed by atoms with Crippen LogP contribution in [0, 0.1) is 5.92 Å². The molecule has 1 N–H and O–H groups in total. The number of aromatic amines is 1. The van der Waals surface area contributed by atoms with E-state index in [0.29, 0.717) is 24.3 Å². The third kappa shape index (κ3) is 3.46. The molecular weight excluding hydrogens is 316 g/mol. The van der Waals surface area contributed by atoms with Crippen LogP contribution in [0.1, 0.15) is 30.8 Å². The number of rotatable bonds is 5. The molecule has 0 bridgehead atoms. The van der Waals surface area contributed by atoms with Gasteiger partial charge in [-0.3, -0.25) is 9.69 Å². The van der Waals surface area contributed by atoms with Crippen LogP contribution in [0.3, 0.4) is 0 Å². The van der Waals surface area contributed by atoms with E-state index in [-0.39, 0.29) is 0 Å². The Labute approximate surface area is 148 Å². The fraction of sp³-hybridized carbons (Fsp3) is 0.611. The normalized spacial score (nSPS) is 24.5. The number of hydrogen-bond acceptors (Lipinski definition) is 4. The van der Waals surface area contributed by atoms with Crippen molar-refractivity contribution >= 4 is 5.91 Å². The summed E-state index contributed by atoms with van der Waals surface area (Å²) in [7, 11) is 2.05. The van der Waals surface area contributed by atoms with E-state index in [4.69, 9.17) is 0 Å². The predicted molar refractivity (Wildman–Crippen MR) is 93.6 cm³/mol. The minimum atomic E-state index is 0.318. The fourth-order valence-electron chi connectivity index (χ4n) is 4.27. The Kier molecular flexibility index (Phi) is 4.57. The van der Waals surface area contributed by atoms with Gasteiger partial charge in [-0.2, -0.15) is 0 Å². The van der Waals surface area contributed by atoms with Crippen LogP contribution >= 0.6 is 0 Å². The highest BCUT2D eigenvalue weighted by Gasteiger charge is 2.39. The molecule has 0 unspecified atom stereocenters. The van der Waals surface area contributed by atoms with E-state index in [0.717, 1.165) is 57.0 Å². The zero-order valence-electron chi connectivity index (χ0n) is 14.8. The summed E-state index contributed by atoms with van der Waals surface area (Å²) < 4.78 is 2.09. The lowest BCUT2D eigenvalue weighted by atomic mass is 9.83. The number of carbonyl (C=O) groups excluding carboxylic acids is 1. The van der Waals surface area contributed by atoms with Gasteiger partial charge in [0, 0.05) is 69.8 Å². The summed E-state index contributed by atoms with van der Waals surface area (Å²) in [5.41, 5.74) is 1.10. The van der Waals surface area contributed by atoms with E-state index >= 15 is 0 Å². The Morgan fingerprint density at radius 2 is 2.28 bits per heavy atom. The summed E-state index contributed by atoms with van der Waals surface area (Å²) in [6.07, 6.45) is 11.0. The quantitative estimate of drug-likeness (QED) is 0.886. The van der Waals surface area contributed by atoms with Crippen molar-refractivity contribution in [3.8, 4) is 0 Å². The topological polar surface area (TPSA) is 70.1 Å². The van der Waals surface area contributed by atoms with Gasteiger partial charge in [-0.15, -0.1) is 0 Å². The van der Waals surface area contributed by atoms with E-state index in [1.807, 2.05) is 25.6 Å². The largest absolute Gasteiger partial charge is 0.348 e. The van der Waals surface area contributed by atoms with Gasteiger partial charge in [-0.05, 0) is 18.8 Å². The van der Waals surface area contributed by atoms with Gasteiger partial charge in [0.25, 0.3) is 0 Å². The van der Waals surface area contributed by atoms with Crippen LogP contribution in [0.5, 0.6) is 0 Å². The van der Waals surface area contributed by atoms with Gasteiger partial charge in [0.1, 0.15) is 5.82 Å². The summed E-state index contributed by atoms with van der Waals surface area (Å²) >= 11 is 0. The Morgan fingerprint density at radius 1 is 1.36 bits per heavy atom. The summed E-state index contributed by atoms with van der Waals surface area (Å²) in [6.45, 7) is 3.78. The molecule has 0 saturated carbocycles. The van der Waals surface area contributed by atoms with Crippen LogP contribution in [-0.4, -0.2) is 60.9 Å². The molecule has 0 radical (unpaired) electrons. The summed E-state index contributed by atoms with van der Waals surface area (Å²) in [5, 5.41) is 0. The van der Waals surface area contributed by atoms with E-state index in [2.05, 4.69) is 29.3 Å². The molecule has 134 valence electrons. The van der Waals surface area contributed by atoms with Gasteiger partial charge in [-0.1, -0.05) is 0 Å². The summed E-state index contributed by atoms with van der Waals surface area (Å²) in [6, 6.07) is 0.391. The number of aromatic nitrogens is 4. The lowest BCUT2D eigenvalue weighted by molar-refractivity contribution is -0.141. The molecule has 25 heavy (non-hydrogen) atoms. The van der Waals surface area contributed by atoms with E-state index in [1.54, 1.807) is 6.33 Å². The first-order valence-electron chi connectivity index (χ1n) is 9.16. The second kappa shape index (κ2) is 7.00. The van der Waals surface area contributed by atoms with Crippen molar-refractivity contribution in [2.45, 2.75) is 38.3 Å². The number of piperidine rings is 2. The number of amides is 1. The van der Waals surface area contributed by atoms with Crippen molar-refractivity contribution in [1.82, 2.24) is 29.3 Å². The van der Waals surface area contributed by atoms with Crippen molar-refractivity contribution in [3.63, 3.8) is 0 Å². The summed E-state index contributed by atoms with van der Waals surface area (Å²) in [4.78, 5) is 28.7. The van der Waals surface area contributed by atoms with E-state index in [9.17, 15) is 4.79 Å². The van der Waals surface area contributed by atoms with Crippen molar-refractivity contribution in [1.29, 1.82) is 0 Å². The summed E-state index contributed by atoms with van der Waals surface area (Å²) in [5.74, 6) is 2.01. The Morgan fingerprint density at radius 3 is 3.04 bits per heavy atom. The van der Waals surface area contributed by atoms with Crippen LogP contribution in [0.15, 0.2) is 24.9 Å². The molecular formula is C18H26N6O. The predicted octanol–water partition coefficient (Wildman–Crippen LogP) is 1.20. The maximum absolute atomic E-state index is 12.5. The molecule has 7 heteroatoms. The monoisotopic (exact) mass is 342 g/mol. The maximum atomic E-state index is 12.5. The van der Waals surface area contributed by atoms with Crippen LogP contribution < -0.4 is 0 Å². The molecule has 2 aromatic rings. The molecule has 2 aromatic heterocycles. The Hall–Kier alpha value is -2.15. The highest BCUT2D eigenvalue weighted by molar-refractivity contribution is 5.77. The van der Waals surface area contributed by atoms with Crippen LogP contribution in [0.25, 0.3) is 0 Å². The maximum Gasteiger partial charge on any atom is 0.222 e. The molecule has 2 aliphatic heterocycles. The third-order valence-electron chi connectivity index (χ3n) is 5.69. The lowest BCUT2D eigenvalue weighted by Gasteiger charge is -2.47. The zero-order chi connectivity index (χ0) is 17.2. The van der Waals surface area contributed by atoms with Crippen molar-refractivity contribution < 1.29 is 4.79 Å². The molecule has 0 spiro atoms. The van der Waals surface area contributed by atoms with Crippen LogP contribution in [0.4, 0.5) is 0 Å². The van der Waals surface area contributed by atoms with Gasteiger partial charge in [-0.25, -0.2) is 9.97 Å². The first-order valence-corrected chi connectivity index (χ1v) is 9.16. The van der Waals surface area contributed by atoms with Gasteiger partial charge in [0.05, 0.1) is 12.9 Å². The van der Waals surface area contributed by atoms with Gasteiger partial charge < -0.3 is 14.5 Å². The highest BCUT2D eigenvalue weighted by atomic mass is 16.2. The fourth-order valence-corrected chi connectivity index (χ4v) is 4.27. The standard InChI is InChI=1S/C18H26N6O/c1-22-9-6-20-17(22)12-23-7-5-16-14(11-23)2-3-18(25)24(16)8-4-15-10-19-13-21-15/h6,9-10,13-14,16H,2-5,7-8,11-12H2,1H3,(H,19,21)/t14-,16+/m0/s1. The minimum Gasteiger partial charge on any atom is -0.348 e. The zero-order valence-corrected chi connectivity index (χ0v) is 14.8. The first kappa shape index (κ1) is 16.3. The number of hydrogen-bond donors (Lipinski definition) is 1. The van der Waals surface area contributed by atoms with Crippen molar-refractivity contribution in [2.24, 2.45) is 13.0 Å². The Bertz CT molecular complexity index is 709. The van der Waals surface area contributed by atoms with E-state index < -0.39 is 0 Å². The van der Waals surface area contributed by atoms with E-state index in [1.165, 1.54) is 0 Å². The first-order chi connectivity index (χ1) is 12.2. The van der Waals surface area contributed by atoms with Crippen molar-refractivity contribution in [2.75, 3.05) is 19.6 Å². The molecule has 7 nitrogen and oxygen atoms in total. The van der Waals surface area contributed by atoms with Gasteiger partial charge in [0.15, 0.2) is 0 Å². The Balaban J connectivity index is 1.38. The molecule has 1 amide bonds. The molecule has 2 fully saturated rings. The van der Waals surface area contributed by atoms with Crippen LogP contribution in [-0.2, 0) is 24.8 Å². The number of H-pyrrole nitrogens is 1. The molecule has 2 atom stereocenters. The van der Waals surface area contributed by atoms with Crippen molar-refractivity contribution in [3.05, 3.63) is 36.4 Å². The highest BCUT2D eigenvalue weighted by Crippen LogP contribution is 2.31. The SMILES string of the molecule is Cn1ccnc1CN1CC[C@@H]2[C@@H](CCC(=O)N2CCc2cnc[nH]2)C1. The third-order valence-corrected chi connectivity index (χ3v) is 5.69. The number of aryl methyl sites for hydroxylation is 1. The molecule has 2 saturated heterocycles. The second-order valence-corrected chi connectivity index (χ2v) is 7.26. The lowest BCUT2D eigenvalue weighted by Crippen LogP contribution is -2.56. The molecule has 2 aliphatic rings. The van der Waals surface area contributed by atoms with Crippen LogP contribution in [0.2, 0.25) is 0 Å². The molecule has 0 aliphatic carbocycles. The number of likely N-dealkylation sites (tertiary alicyclic amines) is 2. The number of nitrogens with one attached hydrogen (secondary N) is 1. The second-order valence-electron chi connectivity index (χ2n) is 7.26. The molecule has 4 rings (SSSR count). The number of imidazole rings is 2. The average Bonchev–Trinajstić information content (AvgIpc) is 3.26. The number of carbonyl (C=O) groups is 1. The smallest absolute Gasteiger partial charge is 0.222 e. The minimum absolute atomic E-state index is 0.318. The van der Waals surface area contributed by atoms with Gasteiger partial charge in [0.2, 0.25) is 5.91 Å². The molecule has 0 aromatic carbocycles. The van der Waals surface area contributed by atoms with Gasteiger partial charge >= 0.3 is 0 Å².